The summed E-state index contributed by atoms with van der Waals surface area (Å²) >= 11 is 0. The van der Waals surface area contributed by atoms with Gasteiger partial charge in [0.05, 0.1) is 12.2 Å². The highest BCUT2D eigenvalue weighted by molar-refractivity contribution is 5.91. The van der Waals surface area contributed by atoms with Crippen molar-refractivity contribution < 1.29 is 9.18 Å². The molecule has 1 aromatic carbocycles. The molecule has 0 unspecified atom stereocenters. The zero-order valence-electron chi connectivity index (χ0n) is 14.2. The standard InChI is InChI=1S/C18H15FN6O2/c19-12-4-6-14(7-5-12)24-9-10-25-17(27)15(22-23-18(24)25)16(26)21-11-13-3-1-2-8-20-13/h1-8H,9-11H2,(H,21,26). The molecule has 1 aliphatic heterocycles. The van der Waals surface area contributed by atoms with Gasteiger partial charge in [0, 0.05) is 25.0 Å². The number of hydrogen-bond acceptors (Lipinski definition) is 6. The Bertz CT molecular complexity index is 1040. The number of carbonyl (C=O) groups excluding carboxylic acids is 1. The Morgan fingerprint density at radius 3 is 2.67 bits per heavy atom. The summed E-state index contributed by atoms with van der Waals surface area (Å²) in [5.41, 5.74) is 0.588. The maximum absolute atomic E-state index is 13.1. The van der Waals surface area contributed by atoms with Gasteiger partial charge in [-0.15, -0.1) is 10.2 Å². The molecule has 1 N–H and O–H groups in total. The monoisotopic (exact) mass is 366 g/mol. The van der Waals surface area contributed by atoms with E-state index in [1.165, 1.54) is 16.7 Å². The van der Waals surface area contributed by atoms with Gasteiger partial charge >= 0.3 is 0 Å². The molecule has 1 aliphatic rings. The molecule has 0 bridgehead atoms. The number of pyridine rings is 1. The fourth-order valence-corrected chi connectivity index (χ4v) is 2.88. The van der Waals surface area contributed by atoms with Crippen LogP contribution >= 0.6 is 0 Å². The molecular formula is C18H15FN6O2. The average molecular weight is 366 g/mol. The normalized spacial score (nSPS) is 12.7. The van der Waals surface area contributed by atoms with Crippen LogP contribution in [0.2, 0.25) is 0 Å². The molecule has 27 heavy (non-hydrogen) atoms. The minimum Gasteiger partial charge on any atom is -0.345 e. The molecule has 0 atom stereocenters. The molecule has 8 nitrogen and oxygen atoms in total. The van der Waals surface area contributed by atoms with Gasteiger partial charge in [0.25, 0.3) is 11.5 Å². The van der Waals surface area contributed by atoms with Crippen molar-refractivity contribution in [2.75, 3.05) is 11.4 Å². The van der Waals surface area contributed by atoms with E-state index in [0.29, 0.717) is 30.4 Å². The summed E-state index contributed by atoms with van der Waals surface area (Å²) in [6.07, 6.45) is 1.62. The van der Waals surface area contributed by atoms with E-state index in [9.17, 15) is 14.0 Å². The number of carbonyl (C=O) groups is 1. The Labute approximate surface area is 153 Å². The largest absolute Gasteiger partial charge is 0.345 e. The van der Waals surface area contributed by atoms with E-state index >= 15 is 0 Å². The van der Waals surface area contributed by atoms with E-state index in [1.807, 2.05) is 6.07 Å². The number of nitrogens with one attached hydrogen (secondary N) is 1. The van der Waals surface area contributed by atoms with Crippen molar-refractivity contribution in [1.29, 1.82) is 0 Å². The molecule has 0 aliphatic carbocycles. The highest BCUT2D eigenvalue weighted by atomic mass is 19.1. The second-order valence-corrected chi connectivity index (χ2v) is 5.94. The quantitative estimate of drug-likeness (QED) is 0.747. The molecule has 4 rings (SSSR count). The van der Waals surface area contributed by atoms with Crippen molar-refractivity contribution in [2.24, 2.45) is 0 Å². The first-order chi connectivity index (χ1) is 13.1. The molecule has 1 amide bonds. The second-order valence-electron chi connectivity index (χ2n) is 5.94. The Morgan fingerprint density at radius 2 is 1.93 bits per heavy atom. The highest BCUT2D eigenvalue weighted by Gasteiger charge is 2.27. The Hall–Kier alpha value is -3.62. The Morgan fingerprint density at radius 1 is 1.11 bits per heavy atom. The van der Waals surface area contributed by atoms with Crippen LogP contribution in [0.25, 0.3) is 0 Å². The number of nitrogens with zero attached hydrogens (tertiary/aromatic N) is 5. The van der Waals surface area contributed by atoms with E-state index < -0.39 is 11.5 Å². The van der Waals surface area contributed by atoms with E-state index in [2.05, 4.69) is 20.5 Å². The van der Waals surface area contributed by atoms with Crippen LogP contribution < -0.4 is 15.8 Å². The van der Waals surface area contributed by atoms with Crippen LogP contribution in [-0.4, -0.2) is 32.2 Å². The number of anilines is 2. The predicted molar refractivity (Wildman–Crippen MR) is 95.1 cm³/mol. The van der Waals surface area contributed by atoms with Crippen LogP contribution in [0.15, 0.2) is 53.5 Å². The summed E-state index contributed by atoms with van der Waals surface area (Å²) < 4.78 is 14.5. The van der Waals surface area contributed by atoms with Crippen LogP contribution in [0.1, 0.15) is 16.2 Å². The summed E-state index contributed by atoms with van der Waals surface area (Å²) in [6, 6.07) is 11.2. The molecule has 0 spiro atoms. The number of amides is 1. The predicted octanol–water partition coefficient (Wildman–Crippen LogP) is 1.25. The third-order valence-electron chi connectivity index (χ3n) is 4.23. The van der Waals surface area contributed by atoms with Gasteiger partial charge in [-0.1, -0.05) is 6.07 Å². The lowest BCUT2D eigenvalue weighted by atomic mass is 10.3. The first-order valence-corrected chi connectivity index (χ1v) is 8.32. The fraction of sp³-hybridized carbons (Fsp3) is 0.167. The molecule has 0 radical (unpaired) electrons. The van der Waals surface area contributed by atoms with Crippen molar-refractivity contribution in [1.82, 2.24) is 25.1 Å². The van der Waals surface area contributed by atoms with Crippen molar-refractivity contribution in [3.63, 3.8) is 0 Å². The topological polar surface area (TPSA) is 93.0 Å². The van der Waals surface area contributed by atoms with Gasteiger partial charge in [-0.3, -0.25) is 19.1 Å². The number of hydrogen-bond donors (Lipinski definition) is 1. The lowest BCUT2D eigenvalue weighted by Crippen LogP contribution is -2.34. The summed E-state index contributed by atoms with van der Waals surface area (Å²) in [6.45, 7) is 1.03. The molecule has 9 heteroatoms. The maximum atomic E-state index is 13.1. The second kappa shape index (κ2) is 6.94. The van der Waals surface area contributed by atoms with Gasteiger partial charge < -0.3 is 10.2 Å². The summed E-state index contributed by atoms with van der Waals surface area (Å²) in [5.74, 6) is -0.622. The molecule has 0 fully saturated rings. The Kier molecular flexibility index (Phi) is 4.33. The van der Waals surface area contributed by atoms with E-state index in [0.717, 1.165) is 0 Å². The van der Waals surface area contributed by atoms with Gasteiger partial charge in [-0.2, -0.15) is 0 Å². The van der Waals surface area contributed by atoms with Gasteiger partial charge in [-0.05, 0) is 36.4 Å². The number of aromatic nitrogens is 4. The number of benzene rings is 1. The minimum absolute atomic E-state index is 0.185. The summed E-state index contributed by atoms with van der Waals surface area (Å²) in [5, 5.41) is 10.5. The molecule has 2 aromatic heterocycles. The zero-order valence-corrected chi connectivity index (χ0v) is 14.2. The number of rotatable bonds is 4. The number of halogens is 1. The molecular weight excluding hydrogens is 351 g/mol. The lowest BCUT2D eigenvalue weighted by Gasteiger charge is -2.16. The van der Waals surface area contributed by atoms with Crippen molar-refractivity contribution >= 4 is 17.5 Å². The third-order valence-corrected chi connectivity index (χ3v) is 4.23. The fourth-order valence-electron chi connectivity index (χ4n) is 2.88. The van der Waals surface area contributed by atoms with Gasteiger partial charge in [-0.25, -0.2) is 4.39 Å². The molecule has 3 heterocycles. The van der Waals surface area contributed by atoms with Crippen LogP contribution in [0, 0.1) is 5.82 Å². The third kappa shape index (κ3) is 3.26. The lowest BCUT2D eigenvalue weighted by molar-refractivity contribution is 0.0942. The highest BCUT2D eigenvalue weighted by Crippen LogP contribution is 2.26. The first kappa shape index (κ1) is 16.8. The Balaban J connectivity index is 1.56. The van der Waals surface area contributed by atoms with Crippen LogP contribution in [0.3, 0.4) is 0 Å². The molecule has 136 valence electrons. The number of fused-ring (bicyclic) bond motifs is 1. The maximum Gasteiger partial charge on any atom is 0.286 e. The zero-order chi connectivity index (χ0) is 18.8. The minimum atomic E-state index is -0.603. The van der Waals surface area contributed by atoms with Gasteiger partial charge in [0.1, 0.15) is 5.82 Å². The smallest absolute Gasteiger partial charge is 0.286 e. The SMILES string of the molecule is O=C(NCc1ccccn1)c1nnc2n(c1=O)CCN2c1ccc(F)cc1. The molecule has 0 saturated heterocycles. The van der Waals surface area contributed by atoms with Crippen molar-refractivity contribution in [2.45, 2.75) is 13.1 Å². The average Bonchev–Trinajstić information content (AvgIpc) is 3.13. The molecule has 3 aromatic rings. The van der Waals surface area contributed by atoms with Crippen molar-refractivity contribution in [3.8, 4) is 0 Å². The summed E-state index contributed by atoms with van der Waals surface area (Å²) in [7, 11) is 0. The molecule has 0 saturated carbocycles. The van der Waals surface area contributed by atoms with Crippen LogP contribution in [-0.2, 0) is 13.1 Å². The van der Waals surface area contributed by atoms with E-state index in [1.54, 1.807) is 35.4 Å². The first-order valence-electron chi connectivity index (χ1n) is 8.32. The van der Waals surface area contributed by atoms with Crippen LogP contribution in [0.4, 0.5) is 16.0 Å². The van der Waals surface area contributed by atoms with E-state index in [4.69, 9.17) is 0 Å². The van der Waals surface area contributed by atoms with Crippen LogP contribution in [0.5, 0.6) is 0 Å². The van der Waals surface area contributed by atoms with E-state index in [-0.39, 0.29) is 18.1 Å². The van der Waals surface area contributed by atoms with Gasteiger partial charge in [0.2, 0.25) is 11.6 Å². The van der Waals surface area contributed by atoms with Crippen molar-refractivity contribution in [3.05, 3.63) is 76.2 Å². The summed E-state index contributed by atoms with van der Waals surface area (Å²) in [4.78, 5) is 30.8. The van der Waals surface area contributed by atoms with Gasteiger partial charge in [0.15, 0.2) is 0 Å².